The van der Waals surface area contributed by atoms with E-state index in [-0.39, 0.29) is 18.1 Å². The summed E-state index contributed by atoms with van der Waals surface area (Å²) in [6.07, 6.45) is 1.47. The molecule has 0 heterocycles. The average Bonchev–Trinajstić information content (AvgIpc) is 2.22. The molecule has 6 heteroatoms. The molecule has 0 rings (SSSR count). The quantitative estimate of drug-likeness (QED) is 0.499. The van der Waals surface area contributed by atoms with Crippen LogP contribution in [0.5, 0.6) is 0 Å². The number of ether oxygens (including phenoxy) is 1. The van der Waals surface area contributed by atoms with Gasteiger partial charge in [0.05, 0.1) is 24.7 Å². The van der Waals surface area contributed by atoms with Gasteiger partial charge in [0.2, 0.25) is 0 Å². The van der Waals surface area contributed by atoms with Gasteiger partial charge >= 0.3 is 0 Å². The molecule has 0 saturated carbocycles. The molecule has 98 valence electrons. The normalized spacial score (nSPS) is 11.9. The van der Waals surface area contributed by atoms with E-state index in [1.54, 1.807) is 0 Å². The van der Waals surface area contributed by atoms with E-state index in [2.05, 4.69) is 5.32 Å². The Morgan fingerprint density at radius 3 is 2.56 bits per heavy atom. The summed E-state index contributed by atoms with van der Waals surface area (Å²) in [6, 6.07) is 0. The van der Waals surface area contributed by atoms with Crippen molar-refractivity contribution in [3.8, 4) is 0 Å². The fourth-order valence-electron chi connectivity index (χ4n) is 1.23. The number of aliphatic hydroxyl groups excluding tert-OH is 1. The topological polar surface area (TPSA) is 75.6 Å². The van der Waals surface area contributed by atoms with Crippen molar-refractivity contribution in [3.05, 3.63) is 0 Å². The van der Waals surface area contributed by atoms with Gasteiger partial charge in [0, 0.05) is 13.2 Å². The first-order valence-electron chi connectivity index (χ1n) is 5.72. The van der Waals surface area contributed by atoms with Gasteiger partial charge in [-0.15, -0.1) is 0 Å². The Morgan fingerprint density at radius 1 is 1.19 bits per heavy atom. The van der Waals surface area contributed by atoms with E-state index in [9.17, 15) is 8.42 Å². The van der Waals surface area contributed by atoms with Crippen LogP contribution in [-0.4, -0.2) is 57.9 Å². The monoisotopic (exact) mass is 253 g/mol. The highest BCUT2D eigenvalue weighted by Gasteiger charge is 2.08. The van der Waals surface area contributed by atoms with E-state index in [1.807, 2.05) is 6.92 Å². The van der Waals surface area contributed by atoms with Crippen LogP contribution in [0.2, 0.25) is 0 Å². The van der Waals surface area contributed by atoms with Crippen molar-refractivity contribution in [2.45, 2.75) is 19.8 Å². The summed E-state index contributed by atoms with van der Waals surface area (Å²) in [5.74, 6) is 0.0471. The van der Waals surface area contributed by atoms with Crippen LogP contribution in [0.4, 0.5) is 0 Å². The Labute approximate surface area is 98.1 Å². The predicted octanol–water partition coefficient (Wildman–Crippen LogP) is -0.200. The molecule has 0 unspecified atom stereocenters. The van der Waals surface area contributed by atoms with Crippen LogP contribution in [0.1, 0.15) is 19.8 Å². The van der Waals surface area contributed by atoms with E-state index in [4.69, 9.17) is 9.84 Å². The maximum atomic E-state index is 11.2. The molecule has 0 aliphatic carbocycles. The molecule has 0 fully saturated rings. The molecular formula is C10H23NO4S. The highest BCUT2D eigenvalue weighted by atomic mass is 32.2. The molecule has 0 spiro atoms. The summed E-state index contributed by atoms with van der Waals surface area (Å²) in [6.45, 7) is 4.69. The maximum Gasteiger partial charge on any atom is 0.152 e. The smallest absolute Gasteiger partial charge is 0.152 e. The second kappa shape index (κ2) is 10.0. The van der Waals surface area contributed by atoms with Gasteiger partial charge in [-0.25, -0.2) is 8.42 Å². The Kier molecular flexibility index (Phi) is 9.91. The largest absolute Gasteiger partial charge is 0.395 e. The molecule has 0 aromatic rings. The molecule has 0 aliphatic rings. The number of unbranched alkanes of at least 4 members (excludes halogenated alkanes) is 1. The molecule has 0 aromatic heterocycles. The minimum atomic E-state index is -3.04. The first-order chi connectivity index (χ1) is 7.62. The number of nitrogens with one attached hydrogen (secondary N) is 1. The summed E-state index contributed by atoms with van der Waals surface area (Å²) in [4.78, 5) is 0. The summed E-state index contributed by atoms with van der Waals surface area (Å²) in [5, 5.41) is 11.7. The highest BCUT2D eigenvalue weighted by Crippen LogP contribution is 1.96. The molecule has 0 atom stereocenters. The number of rotatable bonds is 11. The maximum absolute atomic E-state index is 11.2. The fourth-order valence-corrected chi connectivity index (χ4v) is 2.35. The third-order valence-corrected chi connectivity index (χ3v) is 3.80. The molecule has 2 N–H and O–H groups in total. The van der Waals surface area contributed by atoms with Crippen molar-refractivity contribution in [3.63, 3.8) is 0 Å². The lowest BCUT2D eigenvalue weighted by molar-refractivity contribution is 0.149. The van der Waals surface area contributed by atoms with E-state index < -0.39 is 9.84 Å². The summed E-state index contributed by atoms with van der Waals surface area (Å²) in [7, 11) is -3.04. The third-order valence-electron chi connectivity index (χ3n) is 2.09. The van der Waals surface area contributed by atoms with Crippen molar-refractivity contribution in [1.29, 1.82) is 0 Å². The zero-order valence-electron chi connectivity index (χ0n) is 9.94. The second-order valence-electron chi connectivity index (χ2n) is 3.53. The first kappa shape index (κ1) is 15.8. The number of sulfone groups is 1. The van der Waals surface area contributed by atoms with Crippen molar-refractivity contribution < 1.29 is 18.3 Å². The molecule has 5 nitrogen and oxygen atoms in total. The van der Waals surface area contributed by atoms with Crippen LogP contribution < -0.4 is 5.32 Å². The number of aliphatic hydroxyl groups is 1. The fraction of sp³-hybridized carbons (Fsp3) is 1.00. The SMILES string of the molecule is CCOCCNCCCCS(=O)(=O)CCO. The average molecular weight is 253 g/mol. The van der Waals surface area contributed by atoms with Gasteiger partial charge in [0.1, 0.15) is 0 Å². The number of hydrogen-bond donors (Lipinski definition) is 2. The lowest BCUT2D eigenvalue weighted by atomic mass is 10.3. The molecule has 0 bridgehead atoms. The minimum absolute atomic E-state index is 0.120. The molecule has 0 aliphatic heterocycles. The Bertz CT molecular complexity index is 241. The summed E-state index contributed by atoms with van der Waals surface area (Å²) in [5.41, 5.74) is 0. The Balaban J connectivity index is 3.27. The van der Waals surface area contributed by atoms with Crippen molar-refractivity contribution in [2.24, 2.45) is 0 Å². The van der Waals surface area contributed by atoms with Crippen LogP contribution >= 0.6 is 0 Å². The van der Waals surface area contributed by atoms with Crippen molar-refractivity contribution >= 4 is 9.84 Å². The van der Waals surface area contributed by atoms with Crippen LogP contribution in [0.15, 0.2) is 0 Å². The Morgan fingerprint density at radius 2 is 1.94 bits per heavy atom. The zero-order valence-corrected chi connectivity index (χ0v) is 10.8. The van der Waals surface area contributed by atoms with Gasteiger partial charge in [0.25, 0.3) is 0 Å². The molecule has 0 saturated heterocycles. The third kappa shape index (κ3) is 10.4. The van der Waals surface area contributed by atoms with Gasteiger partial charge in [-0.1, -0.05) is 0 Å². The van der Waals surface area contributed by atoms with Gasteiger partial charge < -0.3 is 15.2 Å². The lowest BCUT2D eigenvalue weighted by Crippen LogP contribution is -2.22. The minimum Gasteiger partial charge on any atom is -0.395 e. The zero-order chi connectivity index (χ0) is 12.3. The van der Waals surface area contributed by atoms with Crippen LogP contribution in [-0.2, 0) is 14.6 Å². The van der Waals surface area contributed by atoms with Crippen LogP contribution in [0.3, 0.4) is 0 Å². The predicted molar refractivity (Wildman–Crippen MR) is 64.3 cm³/mol. The first-order valence-corrected chi connectivity index (χ1v) is 7.54. The lowest BCUT2D eigenvalue weighted by Gasteiger charge is -2.05. The number of hydrogen-bond acceptors (Lipinski definition) is 5. The Hall–Kier alpha value is -0.170. The molecule has 0 aromatic carbocycles. The second-order valence-corrected chi connectivity index (χ2v) is 5.83. The molecular weight excluding hydrogens is 230 g/mol. The standard InChI is InChI=1S/C10H23NO4S/c1-2-15-8-6-11-5-3-4-9-16(13,14)10-7-12/h11-12H,2-10H2,1H3. The summed E-state index contributed by atoms with van der Waals surface area (Å²) < 4.78 is 27.5. The van der Waals surface area contributed by atoms with Crippen molar-refractivity contribution in [2.75, 3.05) is 44.4 Å². The molecule has 16 heavy (non-hydrogen) atoms. The van der Waals surface area contributed by atoms with Gasteiger partial charge in [-0.05, 0) is 26.3 Å². The highest BCUT2D eigenvalue weighted by molar-refractivity contribution is 7.91. The molecule has 0 amide bonds. The van der Waals surface area contributed by atoms with Crippen molar-refractivity contribution in [1.82, 2.24) is 5.32 Å². The van der Waals surface area contributed by atoms with E-state index in [1.165, 1.54) is 0 Å². The van der Waals surface area contributed by atoms with Crippen LogP contribution in [0.25, 0.3) is 0 Å². The summed E-state index contributed by atoms with van der Waals surface area (Å²) >= 11 is 0. The van der Waals surface area contributed by atoms with E-state index in [0.717, 1.165) is 26.1 Å². The van der Waals surface area contributed by atoms with Gasteiger partial charge in [0.15, 0.2) is 9.84 Å². The molecule has 0 radical (unpaired) electrons. The van der Waals surface area contributed by atoms with E-state index in [0.29, 0.717) is 13.0 Å². The van der Waals surface area contributed by atoms with E-state index >= 15 is 0 Å². The van der Waals surface area contributed by atoms with Gasteiger partial charge in [-0.2, -0.15) is 0 Å². The van der Waals surface area contributed by atoms with Gasteiger partial charge in [-0.3, -0.25) is 0 Å². The van der Waals surface area contributed by atoms with Crippen LogP contribution in [0, 0.1) is 0 Å².